The zero-order valence-corrected chi connectivity index (χ0v) is 12.3. The summed E-state index contributed by atoms with van der Waals surface area (Å²) >= 11 is 1.65. The van der Waals surface area contributed by atoms with Crippen molar-refractivity contribution in [3.8, 4) is 0 Å². The molecule has 1 aromatic heterocycles. The van der Waals surface area contributed by atoms with Crippen molar-refractivity contribution in [2.75, 3.05) is 12.0 Å². The largest absolute Gasteiger partial charge is 0.411 e. The van der Waals surface area contributed by atoms with Gasteiger partial charge in [0, 0.05) is 18.1 Å². The monoisotopic (exact) mass is 286 g/mol. The van der Waals surface area contributed by atoms with Crippen LogP contribution in [0.4, 0.5) is 5.82 Å². The Kier molecular flexibility index (Phi) is 4.93. The highest BCUT2D eigenvalue weighted by molar-refractivity contribution is 7.98. The Morgan fingerprint density at radius 2 is 2.32 bits per heavy atom. The van der Waals surface area contributed by atoms with Crippen molar-refractivity contribution in [3.63, 3.8) is 0 Å². The van der Waals surface area contributed by atoms with E-state index >= 15 is 0 Å². The molecule has 0 atom stereocenters. The van der Waals surface area contributed by atoms with Crippen LogP contribution in [0, 0.1) is 22.5 Å². The van der Waals surface area contributed by atoms with Crippen LogP contribution in [0.1, 0.15) is 19.7 Å². The highest BCUT2D eigenvalue weighted by Gasteiger charge is 2.27. The van der Waals surface area contributed by atoms with Crippen LogP contribution in [0.2, 0.25) is 0 Å². The molecule has 0 radical (unpaired) electrons. The van der Waals surface area contributed by atoms with Gasteiger partial charge in [-0.1, -0.05) is 19.0 Å². The van der Waals surface area contributed by atoms with Gasteiger partial charge in [-0.15, -0.1) is 0 Å². The van der Waals surface area contributed by atoms with Gasteiger partial charge in [-0.3, -0.25) is 0 Å². The van der Waals surface area contributed by atoms with Crippen LogP contribution < -0.4 is 0 Å². The second kappa shape index (κ2) is 6.05. The van der Waals surface area contributed by atoms with E-state index in [1.54, 1.807) is 23.3 Å². The molecule has 0 saturated heterocycles. The summed E-state index contributed by atoms with van der Waals surface area (Å²) in [5.41, 5.74) is 0.275. The van der Waals surface area contributed by atoms with Crippen LogP contribution in [-0.2, 0) is 6.54 Å². The molecule has 0 spiro atoms. The number of hydrogen-bond donors (Lipinski definition) is 1. The lowest BCUT2D eigenvalue weighted by Crippen LogP contribution is -2.31. The highest BCUT2D eigenvalue weighted by atomic mass is 32.2. The molecule has 0 aliphatic heterocycles. The van der Waals surface area contributed by atoms with Gasteiger partial charge in [-0.2, -0.15) is 11.8 Å². The quantitative estimate of drug-likeness (QED) is 0.375. The lowest BCUT2D eigenvalue weighted by molar-refractivity contribution is -0.389. The topological polar surface area (TPSA) is 93.5 Å². The Morgan fingerprint density at radius 3 is 2.74 bits per heavy atom. The third-order valence-electron chi connectivity index (χ3n) is 2.88. The third-order valence-corrected chi connectivity index (χ3v) is 3.89. The highest BCUT2D eigenvalue weighted by Crippen LogP contribution is 2.24. The summed E-state index contributed by atoms with van der Waals surface area (Å²) in [5, 5.41) is 23.2. The number of aryl methyl sites for hydroxylation is 1. The van der Waals surface area contributed by atoms with Gasteiger partial charge in [0.25, 0.3) is 0 Å². The summed E-state index contributed by atoms with van der Waals surface area (Å²) in [6.07, 6.45) is 3.33. The molecule has 1 rings (SSSR count). The minimum Gasteiger partial charge on any atom is -0.411 e. The average molecular weight is 286 g/mol. The van der Waals surface area contributed by atoms with E-state index in [1.165, 1.54) is 6.20 Å². The van der Waals surface area contributed by atoms with Crippen molar-refractivity contribution in [1.29, 1.82) is 0 Å². The molecule has 0 unspecified atom stereocenters. The van der Waals surface area contributed by atoms with Crippen LogP contribution in [-0.4, -0.2) is 37.4 Å². The van der Waals surface area contributed by atoms with E-state index < -0.39 is 4.92 Å². The summed E-state index contributed by atoms with van der Waals surface area (Å²) in [4.78, 5) is 14.0. The Labute approximate surface area is 115 Å². The maximum absolute atomic E-state index is 10.7. The summed E-state index contributed by atoms with van der Waals surface area (Å²) in [7, 11) is 0. The van der Waals surface area contributed by atoms with E-state index in [2.05, 4.69) is 10.1 Å². The molecule has 1 heterocycles. The minimum absolute atomic E-state index is 0.197. The van der Waals surface area contributed by atoms with Crippen molar-refractivity contribution < 1.29 is 10.1 Å². The maximum atomic E-state index is 10.7. The van der Waals surface area contributed by atoms with Crippen molar-refractivity contribution in [3.05, 3.63) is 22.1 Å². The molecule has 1 N–H and O–H groups in total. The fourth-order valence-corrected chi connectivity index (χ4v) is 2.61. The van der Waals surface area contributed by atoms with Gasteiger partial charge < -0.3 is 19.9 Å². The van der Waals surface area contributed by atoms with Crippen LogP contribution in [0.15, 0.2) is 11.4 Å². The average Bonchev–Trinajstić information content (AvgIpc) is 2.67. The van der Waals surface area contributed by atoms with Gasteiger partial charge in [0.15, 0.2) is 0 Å². The van der Waals surface area contributed by atoms with Crippen LogP contribution in [0.25, 0.3) is 0 Å². The number of nitrogens with zero attached hydrogens (tertiary/aromatic N) is 4. The third kappa shape index (κ3) is 3.69. The van der Waals surface area contributed by atoms with E-state index in [9.17, 15) is 10.1 Å². The van der Waals surface area contributed by atoms with Crippen LogP contribution >= 0.6 is 11.8 Å². The number of nitro groups is 1. The Hall–Kier alpha value is -1.57. The predicted molar refractivity (Wildman–Crippen MR) is 75.0 cm³/mol. The van der Waals surface area contributed by atoms with E-state index in [1.807, 2.05) is 20.1 Å². The summed E-state index contributed by atoms with van der Waals surface area (Å²) < 4.78 is 1.62. The SMILES string of the molecule is CSCC(C)(C)/C(Cn1cc([N+](=O)[O-])nc1C)=N\O. The number of oxime groups is 1. The zero-order valence-electron chi connectivity index (χ0n) is 11.5. The van der Waals surface area contributed by atoms with Gasteiger partial charge in [-0.25, -0.2) is 0 Å². The van der Waals surface area contributed by atoms with Gasteiger partial charge in [0.2, 0.25) is 5.82 Å². The second-order valence-corrected chi connectivity index (χ2v) is 5.76. The molecular formula is C11H18N4O3S. The van der Waals surface area contributed by atoms with Gasteiger partial charge in [0.1, 0.15) is 6.20 Å². The normalized spacial score (nSPS) is 12.7. The van der Waals surface area contributed by atoms with Gasteiger partial charge in [0.05, 0.1) is 12.3 Å². The van der Waals surface area contributed by atoms with Gasteiger partial charge in [-0.05, 0) is 16.2 Å². The lowest BCUT2D eigenvalue weighted by atomic mass is 9.89. The molecule has 8 heteroatoms. The first-order valence-electron chi connectivity index (χ1n) is 5.70. The molecule has 0 amide bonds. The molecule has 1 aromatic rings. The fourth-order valence-electron chi connectivity index (χ4n) is 1.73. The summed E-state index contributed by atoms with van der Waals surface area (Å²) in [5.74, 6) is 1.12. The van der Waals surface area contributed by atoms with Crippen molar-refractivity contribution in [2.45, 2.75) is 27.3 Å². The second-order valence-electron chi connectivity index (χ2n) is 4.89. The molecule has 0 aliphatic rings. The van der Waals surface area contributed by atoms with Gasteiger partial charge >= 0.3 is 5.82 Å². The number of thioether (sulfide) groups is 1. The number of rotatable bonds is 6. The number of imidazole rings is 1. The standard InChI is InChI=1S/C11H18N4O3S/c1-8-12-10(15(17)18)6-14(8)5-9(13-16)11(2,3)7-19-4/h6,16H,5,7H2,1-4H3/b13-9-. The lowest BCUT2D eigenvalue weighted by Gasteiger charge is -2.24. The smallest absolute Gasteiger partial charge is 0.381 e. The number of hydrogen-bond acceptors (Lipinski definition) is 6. The predicted octanol–water partition coefficient (Wildman–Crippen LogP) is 2.32. The molecule has 0 bridgehead atoms. The van der Waals surface area contributed by atoms with Crippen LogP contribution in [0.5, 0.6) is 0 Å². The Bertz CT molecular complexity index is 496. The summed E-state index contributed by atoms with van der Waals surface area (Å²) in [6, 6.07) is 0. The van der Waals surface area contributed by atoms with E-state index in [0.29, 0.717) is 11.5 Å². The molecule has 19 heavy (non-hydrogen) atoms. The summed E-state index contributed by atoms with van der Waals surface area (Å²) in [6.45, 7) is 5.92. The molecule has 7 nitrogen and oxygen atoms in total. The Balaban J connectivity index is 2.97. The first kappa shape index (κ1) is 15.5. The van der Waals surface area contributed by atoms with Crippen molar-refractivity contribution in [2.24, 2.45) is 10.6 Å². The van der Waals surface area contributed by atoms with Crippen LogP contribution in [0.3, 0.4) is 0 Å². The first-order chi connectivity index (χ1) is 8.81. The van der Waals surface area contributed by atoms with Crippen molar-refractivity contribution in [1.82, 2.24) is 9.55 Å². The molecule has 0 saturated carbocycles. The number of aromatic nitrogens is 2. The molecule has 0 aromatic carbocycles. The fraction of sp³-hybridized carbons (Fsp3) is 0.636. The first-order valence-corrected chi connectivity index (χ1v) is 7.09. The molecule has 0 fully saturated rings. The Morgan fingerprint density at radius 1 is 1.68 bits per heavy atom. The molecular weight excluding hydrogens is 268 g/mol. The van der Waals surface area contributed by atoms with E-state index in [4.69, 9.17) is 5.21 Å². The molecule has 0 aliphatic carbocycles. The minimum atomic E-state index is -0.535. The van der Waals surface area contributed by atoms with E-state index in [0.717, 1.165) is 5.75 Å². The maximum Gasteiger partial charge on any atom is 0.381 e. The van der Waals surface area contributed by atoms with E-state index in [-0.39, 0.29) is 17.8 Å². The molecule has 106 valence electrons. The van der Waals surface area contributed by atoms with Crippen molar-refractivity contribution >= 4 is 23.3 Å². The zero-order chi connectivity index (χ0) is 14.6.